The molecule has 55 heavy (non-hydrogen) atoms. The van der Waals surface area contributed by atoms with E-state index in [2.05, 4.69) is 35.0 Å². The van der Waals surface area contributed by atoms with Crippen LogP contribution in [-0.4, -0.2) is 99.4 Å². The molecule has 3 aromatic rings. The van der Waals surface area contributed by atoms with Gasteiger partial charge in [0, 0.05) is 37.9 Å². The minimum absolute atomic E-state index is 0.0290. The SMILES string of the molecule is O=C(NCCCC(O)(OP(O)O)OP(O)O)Oc1ccc(C(=O)O[C@H](/C=C/[C@H]2CCC(=O)N2CCCCCCc2nn[nH]n2)C(F)(F)c2ccccc2)cc1. The number of carbonyl (C=O) groups is 3. The molecule has 0 saturated carbocycles. The number of ether oxygens (including phenoxy) is 2. The number of aromatic amines is 1. The van der Waals surface area contributed by atoms with Crippen LogP contribution in [0.4, 0.5) is 13.6 Å². The van der Waals surface area contributed by atoms with Crippen LogP contribution in [-0.2, 0) is 30.9 Å². The van der Waals surface area contributed by atoms with E-state index in [1.54, 1.807) is 11.0 Å². The molecule has 1 aromatic heterocycles. The van der Waals surface area contributed by atoms with Crippen LogP contribution in [0.5, 0.6) is 5.75 Å². The van der Waals surface area contributed by atoms with Crippen LogP contribution in [0.3, 0.4) is 0 Å². The van der Waals surface area contributed by atoms with E-state index in [4.69, 9.17) is 29.0 Å². The third kappa shape index (κ3) is 14.2. The quantitative estimate of drug-likeness (QED) is 0.0250. The first-order valence-corrected chi connectivity index (χ1v) is 19.5. The number of H-pyrrole nitrogens is 1. The van der Waals surface area contributed by atoms with Gasteiger partial charge in [0.05, 0.1) is 11.6 Å². The molecule has 0 aliphatic carbocycles. The lowest BCUT2D eigenvalue weighted by atomic mass is 10.0. The second kappa shape index (κ2) is 21.3. The number of nitrogens with zero attached hydrogens (tertiary/aromatic N) is 4. The lowest BCUT2D eigenvalue weighted by Gasteiger charge is -2.27. The van der Waals surface area contributed by atoms with Gasteiger partial charge < -0.3 is 44.4 Å². The number of hydrogen-bond donors (Lipinski definition) is 7. The van der Waals surface area contributed by atoms with Crippen LogP contribution in [0.1, 0.15) is 73.1 Å². The topological polar surface area (TPSA) is 259 Å². The molecule has 2 amide bonds. The summed E-state index contributed by atoms with van der Waals surface area (Å²) in [5.41, 5.74) is -0.498. The molecular formula is C33H42F2N6O12P2. The summed E-state index contributed by atoms with van der Waals surface area (Å²) in [6.45, 7) is 0.282. The van der Waals surface area contributed by atoms with E-state index in [0.29, 0.717) is 31.6 Å². The maximum absolute atomic E-state index is 15.9. The van der Waals surface area contributed by atoms with Crippen molar-refractivity contribution in [2.75, 3.05) is 13.1 Å². The van der Waals surface area contributed by atoms with Crippen molar-refractivity contribution in [3.8, 4) is 5.75 Å². The van der Waals surface area contributed by atoms with Crippen molar-refractivity contribution in [3.63, 3.8) is 0 Å². The van der Waals surface area contributed by atoms with Gasteiger partial charge in [0.1, 0.15) is 5.75 Å². The average Bonchev–Trinajstić information content (AvgIpc) is 3.79. The van der Waals surface area contributed by atoms with Gasteiger partial charge in [0.25, 0.3) is 5.97 Å². The Morgan fingerprint density at radius 1 is 1.00 bits per heavy atom. The van der Waals surface area contributed by atoms with E-state index >= 15 is 8.78 Å². The Hall–Kier alpha value is -4.10. The highest BCUT2D eigenvalue weighted by atomic mass is 31.2. The predicted octanol–water partition coefficient (Wildman–Crippen LogP) is 3.84. The van der Waals surface area contributed by atoms with E-state index in [9.17, 15) is 19.5 Å². The number of carbonyl (C=O) groups excluding carboxylic acids is 3. The van der Waals surface area contributed by atoms with E-state index in [1.165, 1.54) is 54.6 Å². The third-order valence-electron chi connectivity index (χ3n) is 8.26. The van der Waals surface area contributed by atoms with Gasteiger partial charge in [0.2, 0.25) is 5.91 Å². The van der Waals surface area contributed by atoms with Gasteiger partial charge in [-0.25, -0.2) is 9.59 Å². The van der Waals surface area contributed by atoms with Crippen LogP contribution in [0.25, 0.3) is 0 Å². The molecule has 18 nitrogen and oxygen atoms in total. The number of unbranched alkanes of at least 4 members (excludes halogenated alkanes) is 3. The van der Waals surface area contributed by atoms with Crippen molar-refractivity contribution in [2.45, 2.75) is 81.8 Å². The van der Waals surface area contributed by atoms with E-state index < -0.39 is 59.7 Å². The Morgan fingerprint density at radius 2 is 1.69 bits per heavy atom. The molecule has 22 heteroatoms. The number of rotatable bonds is 22. The molecule has 300 valence electrons. The maximum Gasteiger partial charge on any atom is 0.412 e. The van der Waals surface area contributed by atoms with Crippen molar-refractivity contribution < 1.29 is 66.4 Å². The zero-order valence-corrected chi connectivity index (χ0v) is 31.1. The molecule has 0 unspecified atom stereocenters. The fraction of sp³-hybridized carbons (Fsp3) is 0.455. The molecule has 0 radical (unpaired) electrons. The molecule has 2 aromatic carbocycles. The monoisotopic (exact) mass is 814 g/mol. The lowest BCUT2D eigenvalue weighted by molar-refractivity contribution is -0.282. The summed E-state index contributed by atoms with van der Waals surface area (Å²) in [5.74, 6) is -6.95. The van der Waals surface area contributed by atoms with Crippen molar-refractivity contribution in [2.24, 2.45) is 0 Å². The number of likely N-dealkylation sites (tertiary alicyclic amines) is 1. The summed E-state index contributed by atoms with van der Waals surface area (Å²) in [7, 11) is -6.24. The molecule has 2 heterocycles. The standard InChI is InChI=1S/C33H42F2N6O12P2/c34-33(35,24-9-4-3-5-10-24)27(18-14-25-15-19-29(42)41(25)22-7-2-1-6-11-28-37-39-40-38-28)51-30(43)23-12-16-26(17-13-23)50-31(44)36-21-8-20-32(45,52-54(46)47)53-55(48)49/h3-5,9-10,12-14,16-18,25,27,45-49H,1-2,6-8,11,15,19-22H2,(H,36,44)(H,37,38,39,40)/b18-14+/t25-,27+/m0/s1. The summed E-state index contributed by atoms with van der Waals surface area (Å²) in [6, 6.07) is 11.3. The summed E-state index contributed by atoms with van der Waals surface area (Å²) >= 11 is 0. The Morgan fingerprint density at radius 3 is 2.35 bits per heavy atom. The zero-order valence-electron chi connectivity index (χ0n) is 29.3. The number of benzene rings is 2. The number of nitrogens with one attached hydrogen (secondary N) is 2. The largest absolute Gasteiger partial charge is 0.448 e. The molecule has 0 spiro atoms. The number of esters is 1. The Kier molecular flexibility index (Phi) is 16.9. The molecule has 1 aliphatic rings. The number of tetrazole rings is 1. The number of aliphatic hydroxyl groups is 1. The molecule has 1 saturated heterocycles. The first-order chi connectivity index (χ1) is 26.3. The van der Waals surface area contributed by atoms with E-state index in [1.807, 2.05) is 0 Å². The summed E-state index contributed by atoms with van der Waals surface area (Å²) < 4.78 is 51.1. The minimum atomic E-state index is -3.65. The number of amides is 2. The Labute approximate surface area is 316 Å². The molecule has 7 N–H and O–H groups in total. The number of hydrogen-bond acceptors (Lipinski definition) is 15. The number of aryl methyl sites for hydroxylation is 1. The molecular weight excluding hydrogens is 772 g/mol. The summed E-state index contributed by atoms with van der Waals surface area (Å²) in [4.78, 5) is 75.6. The molecule has 1 fully saturated rings. The van der Waals surface area contributed by atoms with Gasteiger partial charge in [-0.15, -0.1) is 10.2 Å². The van der Waals surface area contributed by atoms with Crippen LogP contribution >= 0.6 is 17.2 Å². The van der Waals surface area contributed by atoms with Gasteiger partial charge in [-0.1, -0.05) is 54.5 Å². The fourth-order valence-corrected chi connectivity index (χ4v) is 6.42. The third-order valence-corrected chi connectivity index (χ3v) is 9.16. The molecule has 2 atom stereocenters. The predicted molar refractivity (Wildman–Crippen MR) is 189 cm³/mol. The Bertz CT molecular complexity index is 1670. The zero-order chi connectivity index (χ0) is 39.8. The summed E-state index contributed by atoms with van der Waals surface area (Å²) in [6.07, 6.45) is 3.65. The average molecular weight is 815 g/mol. The highest BCUT2D eigenvalue weighted by molar-refractivity contribution is 7.40. The van der Waals surface area contributed by atoms with Crippen molar-refractivity contribution >= 4 is 35.2 Å². The summed E-state index contributed by atoms with van der Waals surface area (Å²) in [5, 5.41) is 26.2. The Balaban J connectivity index is 1.33. The van der Waals surface area contributed by atoms with Crippen molar-refractivity contribution in [1.29, 1.82) is 0 Å². The first-order valence-electron chi connectivity index (χ1n) is 17.1. The van der Waals surface area contributed by atoms with Gasteiger partial charge in [-0.2, -0.15) is 14.0 Å². The number of halogens is 2. The van der Waals surface area contributed by atoms with Crippen LogP contribution in [0.15, 0.2) is 66.7 Å². The number of aromatic nitrogens is 4. The molecule has 1 aliphatic heterocycles. The maximum atomic E-state index is 15.9. The highest BCUT2D eigenvalue weighted by Crippen LogP contribution is 2.41. The number of alkyl halides is 2. The second-order valence-electron chi connectivity index (χ2n) is 12.2. The van der Waals surface area contributed by atoms with Crippen molar-refractivity contribution in [1.82, 2.24) is 30.8 Å². The van der Waals surface area contributed by atoms with Crippen LogP contribution in [0.2, 0.25) is 0 Å². The minimum Gasteiger partial charge on any atom is -0.448 e. The van der Waals surface area contributed by atoms with E-state index in [0.717, 1.165) is 25.3 Å². The fourth-order valence-electron chi connectivity index (χ4n) is 5.59. The van der Waals surface area contributed by atoms with Gasteiger partial charge in [-0.05, 0) is 56.0 Å². The van der Waals surface area contributed by atoms with E-state index in [-0.39, 0.29) is 42.2 Å². The highest BCUT2D eigenvalue weighted by Gasteiger charge is 2.43. The second-order valence-corrected chi connectivity index (χ2v) is 13.6. The normalized spacial score (nSPS) is 15.6. The first kappa shape index (κ1) is 43.6. The van der Waals surface area contributed by atoms with Crippen LogP contribution < -0.4 is 10.1 Å². The molecule has 0 bridgehead atoms. The van der Waals surface area contributed by atoms with Gasteiger partial charge >= 0.3 is 35.2 Å². The van der Waals surface area contributed by atoms with Gasteiger partial charge in [-0.3, -0.25) is 13.8 Å². The van der Waals surface area contributed by atoms with Crippen LogP contribution in [0, 0.1) is 0 Å². The lowest BCUT2D eigenvalue weighted by Crippen LogP contribution is -2.36. The van der Waals surface area contributed by atoms with Crippen molar-refractivity contribution in [3.05, 3.63) is 83.7 Å². The molecule has 4 rings (SSSR count). The smallest absolute Gasteiger partial charge is 0.412 e. The van der Waals surface area contributed by atoms with Gasteiger partial charge in [0.15, 0.2) is 11.9 Å².